The number of esters is 1. The number of carbonyl (C=O) groups is 1. The van der Waals surface area contributed by atoms with Gasteiger partial charge in [-0.3, -0.25) is 9.79 Å². The molecule has 0 bridgehead atoms. The van der Waals surface area contributed by atoms with Crippen molar-refractivity contribution >= 4 is 11.7 Å². The molecule has 0 unspecified atom stereocenters. The van der Waals surface area contributed by atoms with E-state index in [1.807, 2.05) is 0 Å². The van der Waals surface area contributed by atoms with E-state index in [0.717, 1.165) is 0 Å². The Morgan fingerprint density at radius 2 is 2.17 bits per heavy atom. The average molecular weight is 333 g/mol. The maximum atomic E-state index is 12.6. The number of benzene rings is 1. The first-order valence-corrected chi connectivity index (χ1v) is 7.92. The predicted molar refractivity (Wildman–Crippen MR) is 82.8 cm³/mol. The molecule has 3 aliphatic rings. The van der Waals surface area contributed by atoms with Crippen molar-refractivity contribution in [2.24, 2.45) is 15.8 Å². The van der Waals surface area contributed by atoms with E-state index >= 15 is 0 Å². The van der Waals surface area contributed by atoms with Crippen LogP contribution < -0.4 is 0 Å². The number of rotatable bonds is 2. The van der Waals surface area contributed by atoms with Gasteiger partial charge in [-0.1, -0.05) is 0 Å². The first-order valence-electron chi connectivity index (χ1n) is 7.92. The van der Waals surface area contributed by atoms with Crippen LogP contribution in [-0.4, -0.2) is 53.0 Å². The minimum Gasteiger partial charge on any atom is -0.508 e. The van der Waals surface area contributed by atoms with Gasteiger partial charge < -0.3 is 24.8 Å². The van der Waals surface area contributed by atoms with Crippen LogP contribution in [0.1, 0.15) is 24.8 Å². The van der Waals surface area contributed by atoms with Gasteiger partial charge in [-0.05, 0) is 31.0 Å². The summed E-state index contributed by atoms with van der Waals surface area (Å²) >= 11 is 0. The summed E-state index contributed by atoms with van der Waals surface area (Å²) in [4.78, 5) is 17.1. The third-order valence-electron chi connectivity index (χ3n) is 5.86. The van der Waals surface area contributed by atoms with Gasteiger partial charge in [0.1, 0.15) is 18.1 Å². The van der Waals surface area contributed by atoms with Gasteiger partial charge in [-0.2, -0.15) is 0 Å². The summed E-state index contributed by atoms with van der Waals surface area (Å²) in [5.74, 6) is -0.391. The number of hydrogen-bond acceptors (Lipinski definition) is 7. The molecule has 0 radical (unpaired) electrons. The molecule has 2 fully saturated rings. The molecule has 1 saturated heterocycles. The Balaban J connectivity index is 1.89. The van der Waals surface area contributed by atoms with Crippen LogP contribution in [0.15, 0.2) is 23.2 Å². The number of aromatic hydroxyl groups is 2. The van der Waals surface area contributed by atoms with Crippen LogP contribution in [0.4, 0.5) is 0 Å². The smallest absolute Gasteiger partial charge is 0.313 e. The molecule has 0 amide bonds. The molecule has 2 aliphatic heterocycles. The lowest BCUT2D eigenvalue weighted by Gasteiger charge is -2.45. The fourth-order valence-corrected chi connectivity index (χ4v) is 4.61. The standard InChI is InChI=1S/C17H19NO6/c1-23-14-17-8-24-15(22)16(17,5-4-13(17)21)7-11(18-14)10-6-9(19)2-3-12(10)20/h2-3,6,13-14,19-21H,4-5,7-8H2,1H3/t13-,14+,16-,17+/m1/s1. The van der Waals surface area contributed by atoms with Gasteiger partial charge in [0, 0.05) is 19.1 Å². The first-order chi connectivity index (χ1) is 11.4. The van der Waals surface area contributed by atoms with Crippen LogP contribution in [0.25, 0.3) is 0 Å². The van der Waals surface area contributed by atoms with Crippen molar-refractivity contribution in [3.63, 3.8) is 0 Å². The zero-order valence-corrected chi connectivity index (χ0v) is 13.2. The number of methoxy groups -OCH3 is 1. The van der Waals surface area contributed by atoms with Crippen molar-refractivity contribution in [1.29, 1.82) is 0 Å². The van der Waals surface area contributed by atoms with E-state index in [1.54, 1.807) is 0 Å². The number of aliphatic imine (C=N–C) groups is 1. The van der Waals surface area contributed by atoms with Gasteiger partial charge >= 0.3 is 5.97 Å². The number of carbonyl (C=O) groups excluding carboxylic acids is 1. The number of aliphatic hydroxyl groups excluding tert-OH is 1. The number of hydrogen-bond donors (Lipinski definition) is 3. The van der Waals surface area contributed by atoms with Crippen molar-refractivity contribution in [3.8, 4) is 11.5 Å². The Morgan fingerprint density at radius 1 is 1.38 bits per heavy atom. The monoisotopic (exact) mass is 333 g/mol. The van der Waals surface area contributed by atoms with Crippen molar-refractivity contribution in [2.75, 3.05) is 13.7 Å². The average Bonchev–Trinajstić information content (AvgIpc) is 3.04. The van der Waals surface area contributed by atoms with Gasteiger partial charge in [-0.15, -0.1) is 0 Å². The third-order valence-corrected chi connectivity index (χ3v) is 5.86. The maximum absolute atomic E-state index is 12.6. The lowest BCUT2D eigenvalue weighted by molar-refractivity contribution is -0.149. The summed E-state index contributed by atoms with van der Waals surface area (Å²) in [5, 5.41) is 30.5. The normalized spacial score (nSPS) is 37.6. The number of phenols is 2. The van der Waals surface area contributed by atoms with Gasteiger partial charge in [0.05, 0.1) is 22.6 Å². The van der Waals surface area contributed by atoms with Crippen LogP contribution in [0, 0.1) is 10.8 Å². The van der Waals surface area contributed by atoms with Gasteiger partial charge in [0.2, 0.25) is 0 Å². The van der Waals surface area contributed by atoms with Crippen molar-refractivity contribution < 1.29 is 29.6 Å². The second kappa shape index (κ2) is 4.94. The van der Waals surface area contributed by atoms with E-state index in [9.17, 15) is 20.1 Å². The number of cyclic esters (lactones) is 1. The molecular formula is C17H19NO6. The van der Waals surface area contributed by atoms with Crippen molar-refractivity contribution in [1.82, 2.24) is 0 Å². The molecule has 128 valence electrons. The summed E-state index contributed by atoms with van der Waals surface area (Å²) in [7, 11) is 1.48. The van der Waals surface area contributed by atoms with Gasteiger partial charge in [0.25, 0.3) is 0 Å². The zero-order chi connectivity index (χ0) is 17.1. The number of ether oxygens (including phenoxy) is 2. The van der Waals surface area contributed by atoms with Crippen LogP contribution in [-0.2, 0) is 14.3 Å². The number of aliphatic hydroxyl groups is 1. The molecule has 2 heterocycles. The van der Waals surface area contributed by atoms with E-state index in [2.05, 4.69) is 4.99 Å². The molecule has 24 heavy (non-hydrogen) atoms. The van der Waals surface area contributed by atoms with Crippen molar-refractivity contribution in [3.05, 3.63) is 23.8 Å². The van der Waals surface area contributed by atoms with Crippen LogP contribution in [0.3, 0.4) is 0 Å². The summed E-state index contributed by atoms with van der Waals surface area (Å²) < 4.78 is 10.8. The highest BCUT2D eigenvalue weighted by Crippen LogP contribution is 2.64. The largest absolute Gasteiger partial charge is 0.508 e. The Kier molecular flexibility index (Phi) is 3.17. The summed E-state index contributed by atoms with van der Waals surface area (Å²) in [5.41, 5.74) is -0.975. The van der Waals surface area contributed by atoms with Crippen LogP contribution in [0.2, 0.25) is 0 Å². The zero-order valence-electron chi connectivity index (χ0n) is 13.2. The molecule has 1 aromatic carbocycles. The first kappa shape index (κ1) is 15.4. The molecule has 4 rings (SSSR count). The summed E-state index contributed by atoms with van der Waals surface area (Å²) in [6.07, 6.45) is -0.307. The number of nitrogens with zero attached hydrogens (tertiary/aromatic N) is 1. The van der Waals surface area contributed by atoms with Gasteiger partial charge in [-0.25, -0.2) is 0 Å². The third kappa shape index (κ3) is 1.68. The maximum Gasteiger partial charge on any atom is 0.313 e. The minimum absolute atomic E-state index is 0.00532. The van der Waals surface area contributed by atoms with E-state index in [1.165, 1.54) is 25.3 Å². The minimum atomic E-state index is -0.915. The van der Waals surface area contributed by atoms with E-state index in [4.69, 9.17) is 9.47 Å². The molecule has 0 spiro atoms. The van der Waals surface area contributed by atoms with Crippen LogP contribution >= 0.6 is 0 Å². The topological polar surface area (TPSA) is 109 Å². The molecule has 1 saturated carbocycles. The predicted octanol–water partition coefficient (Wildman–Crippen LogP) is 0.947. The van der Waals surface area contributed by atoms with E-state index in [0.29, 0.717) is 24.1 Å². The second-order valence-electron chi connectivity index (χ2n) is 6.80. The molecule has 1 aliphatic carbocycles. The second-order valence-corrected chi connectivity index (χ2v) is 6.80. The van der Waals surface area contributed by atoms with E-state index in [-0.39, 0.29) is 30.5 Å². The van der Waals surface area contributed by atoms with Crippen molar-refractivity contribution in [2.45, 2.75) is 31.6 Å². The molecule has 3 N–H and O–H groups in total. The fraction of sp³-hybridized carbons (Fsp3) is 0.529. The quantitative estimate of drug-likeness (QED) is 0.549. The van der Waals surface area contributed by atoms with E-state index < -0.39 is 23.2 Å². The lowest BCUT2D eigenvalue weighted by atomic mass is 9.61. The lowest BCUT2D eigenvalue weighted by Crippen LogP contribution is -2.56. The summed E-state index contributed by atoms with van der Waals surface area (Å²) in [6.45, 7) is 0.0777. The molecule has 1 aromatic rings. The molecule has 7 heteroatoms. The highest BCUT2D eigenvalue weighted by atomic mass is 16.6. The highest BCUT2D eigenvalue weighted by Gasteiger charge is 2.74. The Labute approximate surface area is 138 Å². The van der Waals surface area contributed by atoms with Gasteiger partial charge in [0.15, 0.2) is 6.23 Å². The Bertz CT molecular complexity index is 747. The molecule has 0 aromatic heterocycles. The van der Waals surface area contributed by atoms with Crippen LogP contribution in [0.5, 0.6) is 11.5 Å². The number of phenolic OH excluding ortho intramolecular Hbond substituents is 2. The summed E-state index contributed by atoms with van der Waals surface area (Å²) in [6, 6.07) is 4.17. The Hall–Kier alpha value is -2.12. The fourth-order valence-electron chi connectivity index (χ4n) is 4.61. The SMILES string of the molecule is CO[C@@H]1N=C(c2cc(O)ccc2O)C[C@@]23CC[C@@H](O)[C@@]12COC3=O. The molecular weight excluding hydrogens is 314 g/mol. The Morgan fingerprint density at radius 3 is 2.92 bits per heavy atom. The molecule has 4 atom stereocenters. The molecule has 7 nitrogen and oxygen atoms in total. The highest BCUT2D eigenvalue weighted by molar-refractivity contribution is 6.06.